The maximum atomic E-state index is 12.6. The van der Waals surface area contributed by atoms with Crippen molar-refractivity contribution in [3.05, 3.63) is 52.9 Å². The van der Waals surface area contributed by atoms with Crippen molar-refractivity contribution in [3.63, 3.8) is 0 Å². The molecule has 0 saturated heterocycles. The lowest BCUT2D eigenvalue weighted by Gasteiger charge is -2.24. The minimum atomic E-state index is -1.05. The Morgan fingerprint density at radius 1 is 1.12 bits per heavy atom. The molecule has 0 aliphatic heterocycles. The molecular formula is C17H21N3O3S. The number of carboxylic acid groups (broad SMARTS) is 1. The number of rotatable bonds is 7. The summed E-state index contributed by atoms with van der Waals surface area (Å²) in [5.41, 5.74) is 1.14. The van der Waals surface area contributed by atoms with Crippen LogP contribution in [-0.2, 0) is 6.54 Å². The monoisotopic (exact) mass is 347 g/mol. The molecule has 1 heterocycles. The highest BCUT2D eigenvalue weighted by Gasteiger charge is 2.18. The second-order valence-electron chi connectivity index (χ2n) is 5.61. The third-order valence-electron chi connectivity index (χ3n) is 3.44. The smallest absolute Gasteiger partial charge is 0.338 e. The molecule has 128 valence electrons. The molecule has 24 heavy (non-hydrogen) atoms. The van der Waals surface area contributed by atoms with Gasteiger partial charge in [-0.1, -0.05) is 30.3 Å². The van der Waals surface area contributed by atoms with Crippen LogP contribution in [0, 0.1) is 0 Å². The van der Waals surface area contributed by atoms with Gasteiger partial charge in [-0.15, -0.1) is 11.3 Å². The van der Waals surface area contributed by atoms with Gasteiger partial charge in [-0.25, -0.2) is 9.59 Å². The number of nitrogens with one attached hydrogen (secondary N) is 1. The van der Waals surface area contributed by atoms with Crippen LogP contribution in [0.3, 0.4) is 0 Å². The van der Waals surface area contributed by atoms with Crippen LogP contribution in [0.2, 0.25) is 0 Å². The summed E-state index contributed by atoms with van der Waals surface area (Å²) in [4.78, 5) is 27.5. The van der Waals surface area contributed by atoms with Crippen molar-refractivity contribution in [2.75, 3.05) is 32.5 Å². The molecule has 2 rings (SSSR count). The number of nitrogens with zero attached hydrogens (tertiary/aromatic N) is 2. The minimum absolute atomic E-state index is 0.112. The molecule has 1 aromatic carbocycles. The Kier molecular flexibility index (Phi) is 6.34. The van der Waals surface area contributed by atoms with Crippen LogP contribution in [0.25, 0.3) is 0 Å². The minimum Gasteiger partial charge on any atom is -0.478 e. The second kappa shape index (κ2) is 8.47. The molecule has 2 amide bonds. The molecule has 0 atom stereocenters. The van der Waals surface area contributed by atoms with Gasteiger partial charge in [0.2, 0.25) is 0 Å². The molecule has 6 nitrogen and oxygen atoms in total. The van der Waals surface area contributed by atoms with Crippen molar-refractivity contribution in [3.8, 4) is 0 Å². The molecule has 0 aliphatic rings. The molecule has 0 aliphatic carbocycles. The van der Waals surface area contributed by atoms with Crippen LogP contribution < -0.4 is 5.32 Å². The molecule has 0 unspecified atom stereocenters. The number of urea groups is 1. The molecule has 2 N–H and O–H groups in total. The van der Waals surface area contributed by atoms with Crippen molar-refractivity contribution in [2.24, 2.45) is 0 Å². The van der Waals surface area contributed by atoms with Gasteiger partial charge in [-0.2, -0.15) is 0 Å². The number of carbonyl (C=O) groups is 2. The first-order valence-electron chi connectivity index (χ1n) is 7.52. The summed E-state index contributed by atoms with van der Waals surface area (Å²) in [5, 5.41) is 13.9. The summed E-state index contributed by atoms with van der Waals surface area (Å²) in [5.74, 6) is -1.05. The van der Waals surface area contributed by atoms with Gasteiger partial charge in [0.05, 0.1) is 5.56 Å². The zero-order valence-electron chi connectivity index (χ0n) is 13.7. The van der Waals surface area contributed by atoms with Crippen molar-refractivity contribution in [1.82, 2.24) is 9.80 Å². The van der Waals surface area contributed by atoms with Crippen LogP contribution >= 0.6 is 11.3 Å². The average molecular weight is 347 g/mol. The Hall–Kier alpha value is -2.38. The summed E-state index contributed by atoms with van der Waals surface area (Å²) < 4.78 is 0. The fourth-order valence-corrected chi connectivity index (χ4v) is 2.90. The van der Waals surface area contributed by atoms with Crippen LogP contribution in [0.15, 0.2) is 41.8 Å². The zero-order valence-corrected chi connectivity index (χ0v) is 14.5. The number of aromatic carboxylic acids is 1. The Morgan fingerprint density at radius 2 is 1.83 bits per heavy atom. The number of amides is 2. The number of thiophene rings is 1. The topological polar surface area (TPSA) is 72.9 Å². The number of carboxylic acids is 1. The first-order valence-corrected chi connectivity index (χ1v) is 8.40. The molecule has 7 heteroatoms. The van der Waals surface area contributed by atoms with Gasteiger partial charge < -0.3 is 14.9 Å². The predicted octanol–water partition coefficient (Wildman–Crippen LogP) is 3.04. The van der Waals surface area contributed by atoms with Gasteiger partial charge in [-0.3, -0.25) is 5.32 Å². The van der Waals surface area contributed by atoms with Crippen molar-refractivity contribution in [1.29, 1.82) is 0 Å². The van der Waals surface area contributed by atoms with E-state index in [2.05, 4.69) is 5.32 Å². The average Bonchev–Trinajstić information content (AvgIpc) is 3.00. The standard InChI is InChI=1S/C17H21N3O3S/c1-19(2)9-10-20(12-13-6-4-3-5-7-13)17(23)18-15-14(16(21)22)8-11-24-15/h3-8,11H,9-10,12H2,1-2H3,(H,18,23)(H,21,22). The summed E-state index contributed by atoms with van der Waals surface area (Å²) in [6, 6.07) is 10.9. The quantitative estimate of drug-likeness (QED) is 0.807. The van der Waals surface area contributed by atoms with Crippen molar-refractivity contribution >= 4 is 28.3 Å². The van der Waals surface area contributed by atoms with Crippen molar-refractivity contribution < 1.29 is 14.7 Å². The Labute approximate surface area is 145 Å². The Bertz CT molecular complexity index is 685. The highest BCUT2D eigenvalue weighted by Crippen LogP contribution is 2.23. The van der Waals surface area contributed by atoms with E-state index >= 15 is 0 Å². The van der Waals surface area contributed by atoms with Gasteiger partial charge in [0.1, 0.15) is 5.00 Å². The third-order valence-corrected chi connectivity index (χ3v) is 4.27. The van der Waals surface area contributed by atoms with E-state index in [0.717, 1.165) is 12.1 Å². The molecule has 0 radical (unpaired) electrons. The predicted molar refractivity (Wildman–Crippen MR) is 95.7 cm³/mol. The van der Waals surface area contributed by atoms with Gasteiger partial charge in [0.25, 0.3) is 0 Å². The molecule has 0 saturated carbocycles. The molecule has 1 aromatic heterocycles. The fourth-order valence-electron chi connectivity index (χ4n) is 2.13. The lowest BCUT2D eigenvalue weighted by Crippen LogP contribution is -2.39. The van der Waals surface area contributed by atoms with Crippen LogP contribution in [0.1, 0.15) is 15.9 Å². The number of likely N-dealkylation sites (N-methyl/N-ethyl adjacent to an activating group) is 1. The van der Waals surface area contributed by atoms with E-state index in [-0.39, 0.29) is 11.6 Å². The molecule has 0 bridgehead atoms. The highest BCUT2D eigenvalue weighted by molar-refractivity contribution is 7.14. The van der Waals surface area contributed by atoms with E-state index in [1.807, 2.05) is 49.3 Å². The van der Waals surface area contributed by atoms with E-state index in [1.54, 1.807) is 10.3 Å². The fraction of sp³-hybridized carbons (Fsp3) is 0.294. The van der Waals surface area contributed by atoms with Gasteiger partial charge in [-0.05, 0) is 31.1 Å². The summed E-state index contributed by atoms with van der Waals surface area (Å²) in [6.07, 6.45) is 0. The Morgan fingerprint density at radius 3 is 2.46 bits per heavy atom. The summed E-state index contributed by atoms with van der Waals surface area (Å²) in [7, 11) is 3.89. The van der Waals surface area contributed by atoms with E-state index in [9.17, 15) is 9.59 Å². The first kappa shape index (κ1) is 18.0. The SMILES string of the molecule is CN(C)CCN(Cc1ccccc1)C(=O)Nc1sccc1C(=O)O. The summed E-state index contributed by atoms with van der Waals surface area (Å²) in [6.45, 7) is 1.73. The first-order chi connectivity index (χ1) is 11.5. The van der Waals surface area contributed by atoms with Gasteiger partial charge >= 0.3 is 12.0 Å². The highest BCUT2D eigenvalue weighted by atomic mass is 32.1. The molecule has 2 aromatic rings. The third kappa shape index (κ3) is 5.07. The van der Waals surface area contributed by atoms with E-state index in [1.165, 1.54) is 17.4 Å². The second-order valence-corrected chi connectivity index (χ2v) is 6.53. The van der Waals surface area contributed by atoms with E-state index in [4.69, 9.17) is 5.11 Å². The van der Waals surface area contributed by atoms with Gasteiger partial charge in [0.15, 0.2) is 0 Å². The van der Waals surface area contributed by atoms with Crippen LogP contribution in [0.4, 0.5) is 9.80 Å². The van der Waals surface area contributed by atoms with Crippen molar-refractivity contribution in [2.45, 2.75) is 6.54 Å². The summed E-state index contributed by atoms with van der Waals surface area (Å²) >= 11 is 1.20. The van der Waals surface area contributed by atoms with E-state index in [0.29, 0.717) is 18.1 Å². The zero-order chi connectivity index (χ0) is 17.5. The maximum absolute atomic E-state index is 12.6. The number of anilines is 1. The van der Waals surface area contributed by atoms with E-state index < -0.39 is 5.97 Å². The lowest BCUT2D eigenvalue weighted by atomic mass is 10.2. The molecule has 0 fully saturated rings. The lowest BCUT2D eigenvalue weighted by molar-refractivity contribution is 0.0698. The number of hydrogen-bond acceptors (Lipinski definition) is 4. The Balaban J connectivity index is 2.11. The number of carbonyl (C=O) groups excluding carboxylic acids is 1. The maximum Gasteiger partial charge on any atom is 0.338 e. The number of benzene rings is 1. The normalized spacial score (nSPS) is 10.6. The van der Waals surface area contributed by atoms with Gasteiger partial charge in [0, 0.05) is 19.6 Å². The van der Waals surface area contributed by atoms with Crippen LogP contribution in [0.5, 0.6) is 0 Å². The molecule has 0 spiro atoms. The molecular weight excluding hydrogens is 326 g/mol. The largest absolute Gasteiger partial charge is 0.478 e. The van der Waals surface area contributed by atoms with Crippen LogP contribution in [-0.4, -0.2) is 54.1 Å². The number of hydrogen-bond donors (Lipinski definition) is 2.